The zero-order valence-corrected chi connectivity index (χ0v) is 14.0. The number of benzene rings is 1. The van der Waals surface area contributed by atoms with Crippen LogP contribution in [0.1, 0.15) is 11.4 Å². The normalized spacial score (nSPS) is 10.5. The van der Waals surface area contributed by atoms with Crippen LogP contribution in [-0.2, 0) is 11.3 Å². The summed E-state index contributed by atoms with van der Waals surface area (Å²) in [5.41, 5.74) is 1.73. The van der Waals surface area contributed by atoms with Gasteiger partial charge in [0.05, 0.1) is 4.92 Å². The van der Waals surface area contributed by atoms with Crippen molar-refractivity contribution >= 4 is 17.3 Å². The molecule has 0 fully saturated rings. The second-order valence-electron chi connectivity index (χ2n) is 5.54. The number of carbonyl (C=O) groups is 1. The van der Waals surface area contributed by atoms with E-state index < -0.39 is 4.92 Å². The smallest absolute Gasteiger partial charge is 0.312 e. The van der Waals surface area contributed by atoms with Gasteiger partial charge in [-0.15, -0.1) is 0 Å². The molecule has 1 N–H and O–H groups in total. The third-order valence-electron chi connectivity index (χ3n) is 3.79. The molecule has 0 aliphatic rings. The molecule has 1 amide bonds. The van der Waals surface area contributed by atoms with Crippen molar-refractivity contribution in [3.8, 4) is 0 Å². The van der Waals surface area contributed by atoms with Gasteiger partial charge in [-0.1, -0.05) is 18.2 Å². The molecular weight excluding hydrogens is 310 g/mol. The van der Waals surface area contributed by atoms with E-state index >= 15 is 0 Å². The average Bonchev–Trinajstić information content (AvgIpc) is 2.82. The molecule has 0 bridgehead atoms. The van der Waals surface area contributed by atoms with Crippen LogP contribution in [0.15, 0.2) is 30.3 Å². The van der Waals surface area contributed by atoms with Gasteiger partial charge in [-0.3, -0.25) is 19.6 Å². The van der Waals surface area contributed by atoms with E-state index in [1.165, 1.54) is 4.68 Å². The van der Waals surface area contributed by atoms with Crippen LogP contribution in [0.25, 0.3) is 0 Å². The Bertz CT molecular complexity index is 727. The van der Waals surface area contributed by atoms with E-state index in [1.807, 2.05) is 42.3 Å². The van der Waals surface area contributed by atoms with E-state index in [-0.39, 0.29) is 18.1 Å². The third-order valence-corrected chi connectivity index (χ3v) is 3.79. The Morgan fingerprint density at radius 3 is 2.58 bits per heavy atom. The van der Waals surface area contributed by atoms with Crippen molar-refractivity contribution in [2.24, 2.45) is 0 Å². The molecule has 24 heavy (non-hydrogen) atoms. The number of carbonyl (C=O) groups excluding carboxylic acids is 1. The van der Waals surface area contributed by atoms with Crippen molar-refractivity contribution in [2.45, 2.75) is 20.4 Å². The Morgan fingerprint density at radius 2 is 2.00 bits per heavy atom. The number of para-hydroxylation sites is 1. The molecule has 0 saturated heterocycles. The molecule has 2 aromatic rings. The lowest BCUT2D eigenvalue weighted by atomic mass is 10.3. The number of aryl methyl sites for hydroxylation is 1. The second-order valence-corrected chi connectivity index (χ2v) is 5.54. The van der Waals surface area contributed by atoms with Crippen LogP contribution >= 0.6 is 0 Å². The molecule has 0 aliphatic heterocycles. The molecule has 0 aliphatic carbocycles. The van der Waals surface area contributed by atoms with Gasteiger partial charge in [-0.2, -0.15) is 5.10 Å². The van der Waals surface area contributed by atoms with Crippen LogP contribution in [0.2, 0.25) is 0 Å². The lowest BCUT2D eigenvalue weighted by molar-refractivity contribution is -0.386. The molecule has 0 radical (unpaired) electrons. The van der Waals surface area contributed by atoms with Gasteiger partial charge in [0, 0.05) is 25.8 Å². The molecule has 1 aromatic carbocycles. The van der Waals surface area contributed by atoms with Gasteiger partial charge in [0.15, 0.2) is 0 Å². The number of hydrogen-bond donors (Lipinski definition) is 1. The number of likely N-dealkylation sites (N-methyl/N-ethyl adjacent to an activating group) is 1. The first kappa shape index (κ1) is 17.5. The number of nitrogens with one attached hydrogen (secondary N) is 1. The SMILES string of the molecule is Cc1nn(CC(=O)NCCN(C)c2ccccc2)c(C)c1[N+](=O)[O-]. The Balaban J connectivity index is 1.86. The highest BCUT2D eigenvalue weighted by Gasteiger charge is 2.22. The number of nitrogens with zero attached hydrogens (tertiary/aromatic N) is 4. The summed E-state index contributed by atoms with van der Waals surface area (Å²) in [6.45, 7) is 4.26. The lowest BCUT2D eigenvalue weighted by Gasteiger charge is -2.19. The molecule has 2 rings (SSSR count). The summed E-state index contributed by atoms with van der Waals surface area (Å²) in [4.78, 5) is 24.5. The van der Waals surface area contributed by atoms with Gasteiger partial charge in [0.25, 0.3) is 0 Å². The average molecular weight is 331 g/mol. The maximum Gasteiger partial charge on any atom is 0.312 e. The first-order valence-electron chi connectivity index (χ1n) is 7.61. The highest BCUT2D eigenvalue weighted by atomic mass is 16.6. The minimum absolute atomic E-state index is 0.0322. The predicted octanol–water partition coefficient (Wildman–Crippen LogP) is 1.66. The zero-order chi connectivity index (χ0) is 17.7. The molecule has 1 aromatic heterocycles. The van der Waals surface area contributed by atoms with Crippen molar-refractivity contribution < 1.29 is 9.72 Å². The number of anilines is 1. The van der Waals surface area contributed by atoms with E-state index in [9.17, 15) is 14.9 Å². The minimum Gasteiger partial charge on any atom is -0.373 e. The molecule has 0 unspecified atom stereocenters. The van der Waals surface area contributed by atoms with Crippen molar-refractivity contribution in [3.63, 3.8) is 0 Å². The highest BCUT2D eigenvalue weighted by molar-refractivity contribution is 5.75. The van der Waals surface area contributed by atoms with Crippen LogP contribution in [0.3, 0.4) is 0 Å². The fraction of sp³-hybridized carbons (Fsp3) is 0.375. The van der Waals surface area contributed by atoms with Crippen LogP contribution < -0.4 is 10.2 Å². The third kappa shape index (κ3) is 4.09. The Labute approximate surface area is 140 Å². The maximum atomic E-state index is 12.0. The van der Waals surface area contributed by atoms with Crippen molar-refractivity contribution in [3.05, 3.63) is 51.8 Å². The Kier molecular flexibility index (Phi) is 5.51. The van der Waals surface area contributed by atoms with E-state index in [0.717, 1.165) is 5.69 Å². The molecule has 0 spiro atoms. The van der Waals surface area contributed by atoms with Gasteiger partial charge in [0.2, 0.25) is 5.91 Å². The Morgan fingerprint density at radius 1 is 1.33 bits per heavy atom. The number of nitro groups is 1. The molecular formula is C16H21N5O3. The summed E-state index contributed by atoms with van der Waals surface area (Å²) in [5, 5.41) is 17.8. The number of rotatable bonds is 7. The largest absolute Gasteiger partial charge is 0.373 e. The quantitative estimate of drug-likeness (QED) is 0.615. The van der Waals surface area contributed by atoms with E-state index in [4.69, 9.17) is 0 Å². The van der Waals surface area contributed by atoms with Crippen molar-refractivity contribution in [2.75, 3.05) is 25.0 Å². The minimum atomic E-state index is -0.471. The molecule has 8 nitrogen and oxygen atoms in total. The van der Waals surface area contributed by atoms with Crippen molar-refractivity contribution in [1.82, 2.24) is 15.1 Å². The number of amides is 1. The van der Waals surface area contributed by atoms with Crippen LogP contribution in [-0.4, -0.2) is 40.7 Å². The Hall–Kier alpha value is -2.90. The van der Waals surface area contributed by atoms with Crippen LogP contribution in [0.4, 0.5) is 11.4 Å². The molecule has 8 heteroatoms. The second kappa shape index (κ2) is 7.58. The predicted molar refractivity (Wildman–Crippen MR) is 91.1 cm³/mol. The molecule has 0 atom stereocenters. The van der Waals surface area contributed by atoms with Gasteiger partial charge in [-0.05, 0) is 26.0 Å². The molecule has 128 valence electrons. The summed E-state index contributed by atoms with van der Waals surface area (Å²) in [6, 6.07) is 9.86. The first-order chi connectivity index (χ1) is 11.4. The van der Waals surface area contributed by atoms with E-state index in [2.05, 4.69) is 10.4 Å². The maximum absolute atomic E-state index is 12.0. The van der Waals surface area contributed by atoms with Gasteiger partial charge in [0.1, 0.15) is 17.9 Å². The summed E-state index contributed by atoms with van der Waals surface area (Å²) < 4.78 is 1.36. The van der Waals surface area contributed by atoms with Gasteiger partial charge >= 0.3 is 5.69 Å². The molecule has 1 heterocycles. The van der Waals surface area contributed by atoms with E-state index in [0.29, 0.717) is 24.5 Å². The highest BCUT2D eigenvalue weighted by Crippen LogP contribution is 2.21. The summed E-state index contributed by atoms with van der Waals surface area (Å²) >= 11 is 0. The lowest BCUT2D eigenvalue weighted by Crippen LogP contribution is -2.35. The van der Waals surface area contributed by atoms with Gasteiger partial charge in [-0.25, -0.2) is 0 Å². The standard InChI is InChI=1S/C16H21N5O3/c1-12-16(21(23)24)13(2)20(18-12)11-15(22)17-9-10-19(3)14-7-5-4-6-8-14/h4-8H,9-11H2,1-3H3,(H,17,22). The van der Waals surface area contributed by atoms with Crippen LogP contribution in [0.5, 0.6) is 0 Å². The number of hydrogen-bond acceptors (Lipinski definition) is 5. The van der Waals surface area contributed by atoms with E-state index in [1.54, 1.807) is 13.8 Å². The number of aromatic nitrogens is 2. The fourth-order valence-electron chi connectivity index (χ4n) is 2.47. The van der Waals surface area contributed by atoms with Crippen molar-refractivity contribution in [1.29, 1.82) is 0 Å². The van der Waals surface area contributed by atoms with Crippen LogP contribution in [0, 0.1) is 24.0 Å². The monoisotopic (exact) mass is 331 g/mol. The summed E-state index contributed by atoms with van der Waals surface area (Å²) in [7, 11) is 1.95. The topological polar surface area (TPSA) is 93.3 Å². The molecule has 0 saturated carbocycles. The summed E-state index contributed by atoms with van der Waals surface area (Å²) in [5.74, 6) is -0.225. The first-order valence-corrected chi connectivity index (χ1v) is 7.61. The van der Waals surface area contributed by atoms with Gasteiger partial charge < -0.3 is 10.2 Å². The fourth-order valence-corrected chi connectivity index (χ4v) is 2.47. The zero-order valence-electron chi connectivity index (χ0n) is 14.0. The summed E-state index contributed by atoms with van der Waals surface area (Å²) in [6.07, 6.45) is 0.